The van der Waals surface area contributed by atoms with E-state index < -0.39 is 5.54 Å². The van der Waals surface area contributed by atoms with E-state index in [0.29, 0.717) is 10.0 Å². The molecule has 0 amide bonds. The number of methoxy groups -OCH3 is 1. The summed E-state index contributed by atoms with van der Waals surface area (Å²) in [6.45, 7) is 0. The Labute approximate surface area is 135 Å². The molecule has 0 unspecified atom stereocenters. The molecule has 0 spiro atoms. The number of benzene rings is 1. The Morgan fingerprint density at radius 1 is 1.24 bits per heavy atom. The van der Waals surface area contributed by atoms with Gasteiger partial charge in [0.2, 0.25) is 0 Å². The maximum absolute atomic E-state index is 12.4. The number of carbonyl (C=O) groups is 1. The summed E-state index contributed by atoms with van der Waals surface area (Å²) in [6, 6.07) is 5.29. The number of hydrogen-bond donors (Lipinski definition) is 1. The average molecular weight is 328 g/mol. The number of hydrogen-bond acceptors (Lipinski definition) is 3. The predicted octanol–water partition coefficient (Wildman–Crippen LogP) is 4.13. The van der Waals surface area contributed by atoms with Gasteiger partial charge in [0.15, 0.2) is 0 Å². The second-order valence-electron chi connectivity index (χ2n) is 5.91. The highest BCUT2D eigenvalue weighted by atomic mass is 35.5. The van der Waals surface area contributed by atoms with Crippen molar-refractivity contribution in [2.45, 2.75) is 43.7 Å². The van der Waals surface area contributed by atoms with E-state index >= 15 is 0 Å². The van der Waals surface area contributed by atoms with E-state index in [-0.39, 0.29) is 17.9 Å². The van der Waals surface area contributed by atoms with Crippen LogP contribution in [-0.2, 0) is 9.53 Å². The summed E-state index contributed by atoms with van der Waals surface area (Å²) in [7, 11) is 1.44. The molecule has 1 aliphatic heterocycles. The molecule has 0 bridgehead atoms. The van der Waals surface area contributed by atoms with Gasteiger partial charge in [-0.1, -0.05) is 48.5 Å². The predicted molar refractivity (Wildman–Crippen MR) is 83.7 cm³/mol. The molecule has 2 aliphatic rings. The van der Waals surface area contributed by atoms with Crippen molar-refractivity contribution < 1.29 is 9.53 Å². The normalized spacial score (nSPS) is 29.2. The summed E-state index contributed by atoms with van der Waals surface area (Å²) < 4.78 is 5.07. The van der Waals surface area contributed by atoms with Gasteiger partial charge in [-0.25, -0.2) is 4.79 Å². The summed E-state index contributed by atoms with van der Waals surface area (Å²) in [5, 5.41) is 4.55. The van der Waals surface area contributed by atoms with Crippen molar-refractivity contribution in [3.63, 3.8) is 0 Å². The second-order valence-corrected chi connectivity index (χ2v) is 6.72. The third-order valence-corrected chi connectivity index (χ3v) is 5.48. The number of esters is 1. The van der Waals surface area contributed by atoms with Gasteiger partial charge in [-0.3, -0.25) is 5.32 Å². The number of nitrogens with one attached hydrogen (secondary N) is 1. The van der Waals surface area contributed by atoms with Gasteiger partial charge in [0.1, 0.15) is 5.54 Å². The first-order chi connectivity index (χ1) is 10.1. The highest BCUT2D eigenvalue weighted by Crippen LogP contribution is 2.54. The zero-order valence-electron chi connectivity index (χ0n) is 12.0. The fourth-order valence-corrected chi connectivity index (χ4v) is 4.32. The molecular weight excluding hydrogens is 309 g/mol. The molecule has 3 rings (SSSR count). The Morgan fingerprint density at radius 3 is 2.43 bits per heavy atom. The summed E-state index contributed by atoms with van der Waals surface area (Å²) in [4.78, 5) is 12.4. The molecule has 1 aromatic carbocycles. The molecule has 0 aromatic heterocycles. The van der Waals surface area contributed by atoms with Gasteiger partial charge in [0.05, 0.1) is 13.2 Å². The van der Waals surface area contributed by atoms with Crippen LogP contribution in [-0.4, -0.2) is 18.6 Å². The molecule has 2 fully saturated rings. The van der Waals surface area contributed by atoms with E-state index in [1.54, 1.807) is 0 Å². The molecule has 3 nitrogen and oxygen atoms in total. The molecule has 114 valence electrons. The first-order valence-electron chi connectivity index (χ1n) is 7.41. The molecule has 21 heavy (non-hydrogen) atoms. The van der Waals surface area contributed by atoms with E-state index in [1.807, 2.05) is 18.2 Å². The molecule has 5 heteroatoms. The van der Waals surface area contributed by atoms with E-state index in [9.17, 15) is 4.79 Å². The van der Waals surface area contributed by atoms with Crippen LogP contribution in [0.1, 0.15) is 43.7 Å². The van der Waals surface area contributed by atoms with Gasteiger partial charge in [0.25, 0.3) is 0 Å². The lowest BCUT2D eigenvalue weighted by Gasteiger charge is -2.28. The topological polar surface area (TPSA) is 48.2 Å². The molecule has 1 aliphatic carbocycles. The molecule has 1 saturated heterocycles. The van der Waals surface area contributed by atoms with Crippen LogP contribution in [0.2, 0.25) is 10.0 Å². The van der Waals surface area contributed by atoms with Crippen molar-refractivity contribution in [3.8, 4) is 0 Å². The molecular formula is C16H19Cl2NO2. The Balaban J connectivity index is 1.95. The molecule has 0 radical (unpaired) electrons. The monoisotopic (exact) mass is 327 g/mol. The Hall–Kier alpha value is -0.770. The van der Waals surface area contributed by atoms with Gasteiger partial charge in [-0.05, 0) is 30.9 Å². The third-order valence-electron chi connectivity index (χ3n) is 4.82. The Kier molecular flexibility index (Phi) is 4.17. The first-order valence-corrected chi connectivity index (χ1v) is 8.17. The van der Waals surface area contributed by atoms with Crippen molar-refractivity contribution >= 4 is 29.2 Å². The molecule has 2 atom stereocenters. The largest absolute Gasteiger partial charge is 0.468 e. The van der Waals surface area contributed by atoms with Crippen molar-refractivity contribution in [2.24, 2.45) is 5.92 Å². The van der Waals surface area contributed by atoms with Crippen LogP contribution < -0.4 is 5.32 Å². The minimum absolute atomic E-state index is 0.144. The van der Waals surface area contributed by atoms with Crippen LogP contribution in [0.3, 0.4) is 0 Å². The van der Waals surface area contributed by atoms with Crippen molar-refractivity contribution in [1.29, 1.82) is 0 Å². The molecule has 1 saturated carbocycles. The maximum Gasteiger partial charge on any atom is 0.328 e. The summed E-state index contributed by atoms with van der Waals surface area (Å²) in [5.74, 6) is 0.0893. The first kappa shape index (κ1) is 15.1. The highest BCUT2D eigenvalue weighted by molar-refractivity contribution is 6.36. The Bertz CT molecular complexity index is 537. The van der Waals surface area contributed by atoms with Gasteiger partial charge in [0, 0.05) is 15.6 Å². The number of carbonyl (C=O) groups excluding carboxylic acids is 1. The van der Waals surface area contributed by atoms with E-state index in [0.717, 1.165) is 31.2 Å². The van der Waals surface area contributed by atoms with Crippen LogP contribution in [0.4, 0.5) is 0 Å². The third kappa shape index (κ3) is 2.45. The SMILES string of the molecule is COC(=O)[C@@]1(C2CCCCC2)N[C@H]1c1c(Cl)cccc1Cl. The lowest BCUT2D eigenvalue weighted by molar-refractivity contribution is -0.146. The summed E-state index contributed by atoms with van der Waals surface area (Å²) >= 11 is 12.6. The second kappa shape index (κ2) is 5.79. The quantitative estimate of drug-likeness (QED) is 0.670. The van der Waals surface area contributed by atoms with Crippen LogP contribution in [0.5, 0.6) is 0 Å². The Morgan fingerprint density at radius 2 is 1.86 bits per heavy atom. The lowest BCUT2D eigenvalue weighted by Crippen LogP contribution is -2.39. The average Bonchev–Trinajstić information content (AvgIpc) is 3.23. The van der Waals surface area contributed by atoms with E-state index in [4.69, 9.17) is 27.9 Å². The molecule has 1 aromatic rings. The molecule has 1 heterocycles. The van der Waals surface area contributed by atoms with Crippen molar-refractivity contribution in [3.05, 3.63) is 33.8 Å². The fraction of sp³-hybridized carbons (Fsp3) is 0.562. The summed E-state index contributed by atoms with van der Waals surface area (Å²) in [6.07, 6.45) is 5.65. The van der Waals surface area contributed by atoms with Crippen LogP contribution in [0.25, 0.3) is 0 Å². The zero-order chi connectivity index (χ0) is 15.0. The zero-order valence-corrected chi connectivity index (χ0v) is 13.5. The number of rotatable bonds is 3. The number of ether oxygens (including phenoxy) is 1. The smallest absolute Gasteiger partial charge is 0.328 e. The summed E-state index contributed by atoms with van der Waals surface area (Å²) in [5.41, 5.74) is 0.167. The standard InChI is InChI=1S/C16H19Cl2NO2/c1-21-15(20)16(10-6-3-2-4-7-10)14(19-16)13-11(17)8-5-9-12(13)18/h5,8-10,14,19H,2-4,6-7H2,1H3/t14-,16-/m0/s1. The van der Waals surface area contributed by atoms with Gasteiger partial charge in [-0.15, -0.1) is 0 Å². The maximum atomic E-state index is 12.4. The van der Waals surface area contributed by atoms with Gasteiger partial charge in [-0.2, -0.15) is 0 Å². The minimum Gasteiger partial charge on any atom is -0.468 e. The van der Waals surface area contributed by atoms with Crippen molar-refractivity contribution in [2.75, 3.05) is 7.11 Å². The van der Waals surface area contributed by atoms with Gasteiger partial charge < -0.3 is 4.74 Å². The van der Waals surface area contributed by atoms with E-state index in [2.05, 4.69) is 5.32 Å². The van der Waals surface area contributed by atoms with Crippen LogP contribution in [0, 0.1) is 5.92 Å². The highest BCUT2D eigenvalue weighted by Gasteiger charge is 2.66. The van der Waals surface area contributed by atoms with Crippen LogP contribution >= 0.6 is 23.2 Å². The molecule has 1 N–H and O–H groups in total. The van der Waals surface area contributed by atoms with Crippen molar-refractivity contribution in [1.82, 2.24) is 5.32 Å². The lowest BCUT2D eigenvalue weighted by atomic mass is 9.76. The number of halogens is 2. The fourth-order valence-electron chi connectivity index (χ4n) is 3.71. The van der Waals surface area contributed by atoms with E-state index in [1.165, 1.54) is 13.5 Å². The minimum atomic E-state index is -0.649. The van der Waals surface area contributed by atoms with Crippen LogP contribution in [0.15, 0.2) is 18.2 Å². The van der Waals surface area contributed by atoms with Gasteiger partial charge >= 0.3 is 5.97 Å².